The van der Waals surface area contributed by atoms with Crippen molar-refractivity contribution in [1.29, 1.82) is 0 Å². The molecule has 0 aliphatic carbocycles. The van der Waals surface area contributed by atoms with Gasteiger partial charge < -0.3 is 14.2 Å². The fourth-order valence-corrected chi connectivity index (χ4v) is 2.08. The first kappa shape index (κ1) is 14.8. The molecule has 0 atom stereocenters. The molecule has 6 heteroatoms. The molecule has 2 rings (SSSR count). The number of hydrogen-bond acceptors (Lipinski definition) is 4. The normalized spacial score (nSPS) is 10.4. The molecule has 0 aliphatic heterocycles. The Morgan fingerprint density at radius 2 is 1.95 bits per heavy atom. The zero-order valence-electron chi connectivity index (χ0n) is 12.1. The Balaban J connectivity index is 2.47. The number of benzene rings is 1. The summed E-state index contributed by atoms with van der Waals surface area (Å²) in [5, 5.41) is 1.24. The van der Waals surface area contributed by atoms with Crippen LogP contribution in [0.25, 0.3) is 10.8 Å². The van der Waals surface area contributed by atoms with E-state index in [0.717, 1.165) is 0 Å². The summed E-state index contributed by atoms with van der Waals surface area (Å²) in [6.07, 6.45) is 0. The molecule has 0 bridgehead atoms. The average molecular weight is 288 g/mol. The summed E-state index contributed by atoms with van der Waals surface area (Å²) < 4.78 is 5.82. The average Bonchev–Trinajstić information content (AvgIpc) is 2.49. The van der Waals surface area contributed by atoms with Crippen LogP contribution in [0.4, 0.5) is 0 Å². The van der Waals surface area contributed by atoms with Crippen LogP contribution in [0.15, 0.2) is 35.1 Å². The number of ether oxygens (including phenoxy) is 1. The molecule has 0 saturated heterocycles. The van der Waals surface area contributed by atoms with E-state index >= 15 is 0 Å². The first-order valence-corrected chi connectivity index (χ1v) is 6.36. The lowest BCUT2D eigenvalue weighted by molar-refractivity contribution is -0.141. The molecule has 0 unspecified atom stereocenters. The molecule has 0 spiro atoms. The van der Waals surface area contributed by atoms with Crippen molar-refractivity contribution in [1.82, 2.24) is 9.47 Å². The van der Waals surface area contributed by atoms with Crippen molar-refractivity contribution in [3.05, 3.63) is 46.4 Å². The van der Waals surface area contributed by atoms with E-state index < -0.39 is 11.9 Å². The molecule has 110 valence electrons. The van der Waals surface area contributed by atoms with Gasteiger partial charge in [0.2, 0.25) is 0 Å². The third-order valence-electron chi connectivity index (χ3n) is 3.31. The van der Waals surface area contributed by atoms with Crippen LogP contribution in [0, 0.1) is 0 Å². The third kappa shape index (κ3) is 2.79. The maximum atomic E-state index is 12.4. The maximum absolute atomic E-state index is 12.4. The van der Waals surface area contributed by atoms with E-state index in [9.17, 15) is 14.4 Å². The van der Waals surface area contributed by atoms with Gasteiger partial charge in [0.1, 0.15) is 12.2 Å². The minimum Gasteiger partial charge on any atom is -0.468 e. The van der Waals surface area contributed by atoms with E-state index in [4.69, 9.17) is 0 Å². The summed E-state index contributed by atoms with van der Waals surface area (Å²) in [6.45, 7) is -0.170. The van der Waals surface area contributed by atoms with Gasteiger partial charge in [0.25, 0.3) is 11.5 Å². The van der Waals surface area contributed by atoms with Crippen molar-refractivity contribution in [2.24, 2.45) is 7.05 Å². The van der Waals surface area contributed by atoms with Gasteiger partial charge in [-0.15, -0.1) is 0 Å². The number of likely N-dealkylation sites (N-methyl/N-ethyl adjacent to an activating group) is 1. The standard InChI is InChI=1S/C15H16N2O4/c1-16(9-13(18)21-3)15(20)12-8-10-6-4-5-7-11(10)14(19)17(12)2/h4-8H,9H2,1-3H3. The van der Waals surface area contributed by atoms with Crippen LogP contribution in [0.3, 0.4) is 0 Å². The van der Waals surface area contributed by atoms with Crippen molar-refractivity contribution >= 4 is 22.6 Å². The lowest BCUT2D eigenvalue weighted by Gasteiger charge is -2.17. The van der Waals surface area contributed by atoms with Crippen molar-refractivity contribution in [2.75, 3.05) is 20.7 Å². The topological polar surface area (TPSA) is 68.6 Å². The molecule has 1 amide bonds. The minimum absolute atomic E-state index is 0.170. The molecule has 21 heavy (non-hydrogen) atoms. The highest BCUT2D eigenvalue weighted by molar-refractivity contribution is 5.97. The molecule has 1 aromatic heterocycles. The van der Waals surface area contributed by atoms with E-state index in [-0.39, 0.29) is 17.8 Å². The Morgan fingerprint density at radius 3 is 2.62 bits per heavy atom. The molecule has 1 heterocycles. The number of amides is 1. The Bertz CT molecular complexity index is 764. The Labute approximate surface area is 121 Å². The van der Waals surface area contributed by atoms with E-state index in [1.165, 1.54) is 30.7 Å². The predicted molar refractivity (Wildman–Crippen MR) is 78.2 cm³/mol. The van der Waals surface area contributed by atoms with Gasteiger partial charge in [-0.25, -0.2) is 0 Å². The second-order valence-electron chi connectivity index (χ2n) is 4.72. The molecule has 0 fully saturated rings. The molecule has 0 saturated carbocycles. The lowest BCUT2D eigenvalue weighted by Crippen LogP contribution is -2.36. The lowest BCUT2D eigenvalue weighted by atomic mass is 10.1. The number of carbonyl (C=O) groups is 2. The number of pyridine rings is 1. The molecule has 0 N–H and O–H groups in total. The van der Waals surface area contributed by atoms with Gasteiger partial charge in [-0.3, -0.25) is 14.4 Å². The molecule has 6 nitrogen and oxygen atoms in total. The number of fused-ring (bicyclic) bond motifs is 1. The third-order valence-corrected chi connectivity index (χ3v) is 3.31. The Kier molecular flexibility index (Phi) is 4.07. The summed E-state index contributed by atoms with van der Waals surface area (Å²) in [6, 6.07) is 8.70. The minimum atomic E-state index is -0.517. The molecular formula is C15H16N2O4. The van der Waals surface area contributed by atoms with Gasteiger partial charge >= 0.3 is 5.97 Å². The van der Waals surface area contributed by atoms with Crippen LogP contribution in [-0.4, -0.2) is 42.0 Å². The fourth-order valence-electron chi connectivity index (χ4n) is 2.08. The summed E-state index contributed by atoms with van der Waals surface area (Å²) in [5.41, 5.74) is -0.0204. The molecule has 1 aromatic carbocycles. The Hall–Kier alpha value is -2.63. The Morgan fingerprint density at radius 1 is 1.29 bits per heavy atom. The zero-order valence-corrected chi connectivity index (χ0v) is 12.1. The van der Waals surface area contributed by atoms with Crippen LogP contribution >= 0.6 is 0 Å². The van der Waals surface area contributed by atoms with E-state index in [1.807, 2.05) is 0 Å². The first-order valence-electron chi connectivity index (χ1n) is 6.36. The second kappa shape index (κ2) is 5.78. The quantitative estimate of drug-likeness (QED) is 0.783. The van der Waals surface area contributed by atoms with Crippen molar-refractivity contribution < 1.29 is 14.3 Å². The molecule has 2 aromatic rings. The van der Waals surface area contributed by atoms with E-state index in [1.54, 1.807) is 30.3 Å². The van der Waals surface area contributed by atoms with Crippen molar-refractivity contribution in [3.8, 4) is 0 Å². The van der Waals surface area contributed by atoms with Gasteiger partial charge in [0.05, 0.1) is 7.11 Å². The number of aromatic nitrogens is 1. The largest absolute Gasteiger partial charge is 0.468 e. The number of hydrogen-bond donors (Lipinski definition) is 0. The first-order chi connectivity index (χ1) is 9.95. The highest BCUT2D eigenvalue weighted by Crippen LogP contribution is 2.12. The highest BCUT2D eigenvalue weighted by Gasteiger charge is 2.19. The number of nitrogens with zero attached hydrogens (tertiary/aromatic N) is 2. The van der Waals surface area contributed by atoms with Gasteiger partial charge in [-0.2, -0.15) is 0 Å². The van der Waals surface area contributed by atoms with Crippen LogP contribution in [0.5, 0.6) is 0 Å². The monoisotopic (exact) mass is 288 g/mol. The summed E-state index contributed by atoms with van der Waals surface area (Å²) >= 11 is 0. The molecule has 0 aliphatic rings. The number of carbonyl (C=O) groups excluding carboxylic acids is 2. The van der Waals surface area contributed by atoms with Gasteiger partial charge in [0.15, 0.2) is 0 Å². The fraction of sp³-hybridized carbons (Fsp3) is 0.267. The summed E-state index contributed by atoms with van der Waals surface area (Å²) in [7, 11) is 4.28. The predicted octanol–water partition coefficient (Wildman–Crippen LogP) is 0.783. The second-order valence-corrected chi connectivity index (χ2v) is 4.72. The van der Waals surface area contributed by atoms with Crippen LogP contribution in [-0.2, 0) is 16.6 Å². The van der Waals surface area contributed by atoms with Crippen molar-refractivity contribution in [3.63, 3.8) is 0 Å². The van der Waals surface area contributed by atoms with Crippen LogP contribution in [0.1, 0.15) is 10.5 Å². The summed E-state index contributed by atoms with van der Waals surface area (Å²) in [4.78, 5) is 37.1. The van der Waals surface area contributed by atoms with Crippen LogP contribution < -0.4 is 5.56 Å². The maximum Gasteiger partial charge on any atom is 0.325 e. The highest BCUT2D eigenvalue weighted by atomic mass is 16.5. The number of rotatable bonds is 3. The van der Waals surface area contributed by atoms with Crippen LogP contribution in [0.2, 0.25) is 0 Å². The van der Waals surface area contributed by atoms with E-state index in [0.29, 0.717) is 10.8 Å². The zero-order chi connectivity index (χ0) is 15.6. The van der Waals surface area contributed by atoms with Gasteiger partial charge in [0, 0.05) is 19.5 Å². The molecular weight excluding hydrogens is 272 g/mol. The molecule has 0 radical (unpaired) electrons. The van der Waals surface area contributed by atoms with Gasteiger partial charge in [-0.05, 0) is 17.5 Å². The smallest absolute Gasteiger partial charge is 0.325 e. The van der Waals surface area contributed by atoms with E-state index in [2.05, 4.69) is 4.74 Å². The van der Waals surface area contributed by atoms with Crippen molar-refractivity contribution in [2.45, 2.75) is 0 Å². The SMILES string of the molecule is COC(=O)CN(C)C(=O)c1cc2ccccc2c(=O)n1C. The van der Waals surface area contributed by atoms with Gasteiger partial charge in [-0.1, -0.05) is 18.2 Å². The number of methoxy groups -OCH3 is 1. The number of esters is 1. The summed E-state index contributed by atoms with van der Waals surface area (Å²) in [5.74, 6) is -0.928.